The first-order valence-electron chi connectivity index (χ1n) is 9.71. The third kappa shape index (κ3) is 5.34. The molecule has 1 aliphatic heterocycles. The van der Waals surface area contributed by atoms with Crippen LogP contribution in [-0.2, 0) is 16.3 Å². The number of nitrogens with one attached hydrogen (secondary N) is 1. The Kier molecular flexibility index (Phi) is 8.33. The standard InChI is InChI=1S/C19H30N4O2S.HI/c1-2-21-18(22-13-8-17-6-11-20-12-7-17)23-14-15-26(24,25)19(16-23)9-4-3-5-10-19;/h6-7,11-12H,2-5,8-10,13-16H2,1H3,(H,21,22);1H. The molecule has 1 saturated heterocycles. The number of sulfone groups is 1. The normalized spacial score (nSPS) is 21.5. The van der Waals surface area contributed by atoms with Crippen LogP contribution in [0.1, 0.15) is 44.6 Å². The Bertz CT molecular complexity index is 718. The van der Waals surface area contributed by atoms with E-state index in [-0.39, 0.29) is 29.7 Å². The molecule has 0 bridgehead atoms. The summed E-state index contributed by atoms with van der Waals surface area (Å²) in [6, 6.07) is 4.01. The molecule has 2 fully saturated rings. The number of nitrogens with zero attached hydrogens (tertiary/aromatic N) is 3. The van der Waals surface area contributed by atoms with Crippen molar-refractivity contribution >= 4 is 39.8 Å². The van der Waals surface area contributed by atoms with Gasteiger partial charge in [-0.1, -0.05) is 19.3 Å². The highest BCUT2D eigenvalue weighted by molar-refractivity contribution is 14.0. The molecule has 0 aromatic carbocycles. The van der Waals surface area contributed by atoms with Gasteiger partial charge in [0.05, 0.1) is 10.5 Å². The molecule has 2 aliphatic rings. The molecule has 27 heavy (non-hydrogen) atoms. The second-order valence-corrected chi connectivity index (χ2v) is 9.83. The van der Waals surface area contributed by atoms with Gasteiger partial charge in [-0.3, -0.25) is 9.98 Å². The number of aromatic nitrogens is 1. The number of halogens is 1. The third-order valence-electron chi connectivity index (χ3n) is 5.58. The lowest BCUT2D eigenvalue weighted by Crippen LogP contribution is -2.60. The van der Waals surface area contributed by atoms with Gasteiger partial charge >= 0.3 is 0 Å². The van der Waals surface area contributed by atoms with Gasteiger partial charge in [0.25, 0.3) is 0 Å². The van der Waals surface area contributed by atoms with Gasteiger partial charge in [0.15, 0.2) is 15.8 Å². The Morgan fingerprint density at radius 3 is 2.63 bits per heavy atom. The van der Waals surface area contributed by atoms with Crippen molar-refractivity contribution in [2.24, 2.45) is 4.99 Å². The molecule has 1 N–H and O–H groups in total. The van der Waals surface area contributed by atoms with Crippen molar-refractivity contribution in [3.05, 3.63) is 30.1 Å². The molecule has 152 valence electrons. The molecule has 6 nitrogen and oxygen atoms in total. The van der Waals surface area contributed by atoms with Gasteiger partial charge in [-0.2, -0.15) is 0 Å². The van der Waals surface area contributed by atoms with Crippen LogP contribution >= 0.6 is 24.0 Å². The zero-order valence-corrected chi connectivity index (χ0v) is 19.2. The lowest BCUT2D eigenvalue weighted by molar-refractivity contribution is 0.274. The van der Waals surface area contributed by atoms with E-state index in [1.54, 1.807) is 12.4 Å². The highest BCUT2D eigenvalue weighted by Crippen LogP contribution is 2.38. The summed E-state index contributed by atoms with van der Waals surface area (Å²) >= 11 is 0. The van der Waals surface area contributed by atoms with Gasteiger partial charge in [-0.05, 0) is 43.9 Å². The highest BCUT2D eigenvalue weighted by Gasteiger charge is 2.48. The van der Waals surface area contributed by atoms with E-state index in [0.29, 0.717) is 19.6 Å². The first-order valence-corrected chi connectivity index (χ1v) is 11.4. The van der Waals surface area contributed by atoms with E-state index in [1.165, 1.54) is 5.56 Å². The predicted molar refractivity (Wildman–Crippen MR) is 121 cm³/mol. The van der Waals surface area contributed by atoms with Crippen LogP contribution in [0.4, 0.5) is 0 Å². The molecule has 0 radical (unpaired) electrons. The topological polar surface area (TPSA) is 74.7 Å². The van der Waals surface area contributed by atoms with Gasteiger partial charge in [0, 0.05) is 38.6 Å². The van der Waals surface area contributed by atoms with Gasteiger partial charge in [0.1, 0.15) is 0 Å². The quantitative estimate of drug-likeness (QED) is 0.386. The van der Waals surface area contributed by atoms with Crippen LogP contribution in [0, 0.1) is 0 Å². The molecule has 1 aromatic heterocycles. The van der Waals surface area contributed by atoms with Gasteiger partial charge in [0.2, 0.25) is 0 Å². The second-order valence-electron chi connectivity index (χ2n) is 7.33. The van der Waals surface area contributed by atoms with E-state index in [9.17, 15) is 8.42 Å². The first kappa shape index (κ1) is 22.4. The summed E-state index contributed by atoms with van der Waals surface area (Å²) in [5.41, 5.74) is 1.21. The lowest BCUT2D eigenvalue weighted by atomic mass is 9.87. The molecule has 1 aliphatic carbocycles. The maximum atomic E-state index is 12.8. The molecule has 3 rings (SSSR count). The smallest absolute Gasteiger partial charge is 0.194 e. The summed E-state index contributed by atoms with van der Waals surface area (Å²) in [5, 5.41) is 3.36. The Morgan fingerprint density at radius 1 is 1.26 bits per heavy atom. The van der Waals surface area contributed by atoms with Crippen LogP contribution in [0.5, 0.6) is 0 Å². The van der Waals surface area contributed by atoms with E-state index in [1.807, 2.05) is 12.1 Å². The number of rotatable bonds is 4. The van der Waals surface area contributed by atoms with Gasteiger partial charge in [-0.15, -0.1) is 24.0 Å². The number of pyridine rings is 1. The molecule has 8 heteroatoms. The molecule has 1 aromatic rings. The van der Waals surface area contributed by atoms with Crippen LogP contribution < -0.4 is 5.32 Å². The number of aliphatic imine (C=N–C) groups is 1. The Hall–Kier alpha value is -0.900. The second kappa shape index (κ2) is 10.0. The predicted octanol–water partition coefficient (Wildman–Crippen LogP) is 2.64. The minimum absolute atomic E-state index is 0. The average Bonchev–Trinajstić information content (AvgIpc) is 2.65. The summed E-state index contributed by atoms with van der Waals surface area (Å²) in [6.07, 6.45) is 9.22. The Morgan fingerprint density at radius 2 is 1.96 bits per heavy atom. The SMILES string of the molecule is CCNC(=NCCc1ccncc1)N1CCS(=O)(=O)C2(CCCCC2)C1.I. The van der Waals surface area contributed by atoms with Crippen molar-refractivity contribution in [3.63, 3.8) is 0 Å². The summed E-state index contributed by atoms with van der Waals surface area (Å²) < 4.78 is 25.0. The van der Waals surface area contributed by atoms with Crippen molar-refractivity contribution in [1.29, 1.82) is 0 Å². The average molecular weight is 506 g/mol. The Balaban J connectivity index is 0.00000261. The van der Waals surface area contributed by atoms with Gasteiger partial charge < -0.3 is 10.2 Å². The fourth-order valence-electron chi connectivity index (χ4n) is 4.08. The minimum Gasteiger partial charge on any atom is -0.357 e. The van der Waals surface area contributed by atoms with Crippen molar-refractivity contribution in [2.45, 2.75) is 50.2 Å². The number of hydrogen-bond acceptors (Lipinski definition) is 4. The summed E-state index contributed by atoms with van der Waals surface area (Å²) in [5.74, 6) is 1.09. The largest absolute Gasteiger partial charge is 0.357 e. The van der Waals surface area contributed by atoms with Crippen LogP contribution in [0.2, 0.25) is 0 Å². The highest BCUT2D eigenvalue weighted by atomic mass is 127. The van der Waals surface area contributed by atoms with Crippen molar-refractivity contribution in [2.75, 3.05) is 31.9 Å². The molecule has 0 amide bonds. The van der Waals surface area contributed by atoms with Crippen LogP contribution in [0.15, 0.2) is 29.5 Å². The third-order valence-corrected chi connectivity index (χ3v) is 8.16. The van der Waals surface area contributed by atoms with Gasteiger partial charge in [-0.25, -0.2) is 8.42 Å². The van der Waals surface area contributed by atoms with E-state index in [4.69, 9.17) is 4.99 Å². The van der Waals surface area contributed by atoms with Crippen molar-refractivity contribution < 1.29 is 8.42 Å². The molecular weight excluding hydrogens is 475 g/mol. The lowest BCUT2D eigenvalue weighted by Gasteiger charge is -2.45. The minimum atomic E-state index is -3.02. The molecule has 0 atom stereocenters. The molecule has 2 heterocycles. The monoisotopic (exact) mass is 506 g/mol. The maximum Gasteiger partial charge on any atom is 0.194 e. The summed E-state index contributed by atoms with van der Waals surface area (Å²) in [6.45, 7) is 4.63. The number of guanidine groups is 1. The molecule has 1 spiro atoms. The van der Waals surface area contributed by atoms with Crippen molar-refractivity contribution in [3.8, 4) is 0 Å². The molecule has 0 unspecified atom stereocenters. The zero-order chi connectivity index (χ0) is 18.5. The summed E-state index contributed by atoms with van der Waals surface area (Å²) in [4.78, 5) is 11.0. The molecule has 1 saturated carbocycles. The van der Waals surface area contributed by atoms with E-state index >= 15 is 0 Å². The zero-order valence-electron chi connectivity index (χ0n) is 16.1. The van der Waals surface area contributed by atoms with Crippen LogP contribution in [0.3, 0.4) is 0 Å². The van der Waals surface area contributed by atoms with E-state index < -0.39 is 14.6 Å². The first-order chi connectivity index (χ1) is 12.6. The summed E-state index contributed by atoms with van der Waals surface area (Å²) in [7, 11) is -3.02. The maximum absolute atomic E-state index is 12.8. The van der Waals surface area contributed by atoms with E-state index in [0.717, 1.165) is 51.0 Å². The van der Waals surface area contributed by atoms with Crippen LogP contribution in [-0.4, -0.2) is 60.9 Å². The van der Waals surface area contributed by atoms with Crippen molar-refractivity contribution in [1.82, 2.24) is 15.2 Å². The molecular formula is C19H31IN4O2S. The fourth-order valence-corrected chi connectivity index (χ4v) is 6.24. The number of hydrogen-bond donors (Lipinski definition) is 1. The fraction of sp³-hybridized carbons (Fsp3) is 0.684. The Labute approximate surface area is 180 Å². The van der Waals surface area contributed by atoms with E-state index in [2.05, 4.69) is 22.1 Å². The van der Waals surface area contributed by atoms with Crippen LogP contribution in [0.25, 0.3) is 0 Å².